The maximum atomic E-state index is 13.2. The Labute approximate surface area is 211 Å². The standard InChI is InChI=1S/C26H36FN5O4/c1-19(33)29-26(17-36-18-26)24(35)32-10-7-25(8-11-32)16-21(28-23(25)34)6-9-30-12-14-31(15-13-30)22-4-2-20(27)3-5-22/h2-5,21H,6-18H2,1H3,(H,28,34)(H,29,33)/t21-/m0/s1. The van der Waals surface area contributed by atoms with Crippen LogP contribution in [0.15, 0.2) is 24.3 Å². The maximum absolute atomic E-state index is 13.2. The molecule has 196 valence electrons. The molecular weight excluding hydrogens is 465 g/mol. The smallest absolute Gasteiger partial charge is 0.253 e. The Morgan fingerprint density at radius 2 is 1.75 bits per heavy atom. The molecule has 3 amide bonds. The Morgan fingerprint density at radius 1 is 1.08 bits per heavy atom. The molecule has 10 heteroatoms. The van der Waals surface area contributed by atoms with Gasteiger partial charge in [0, 0.05) is 64.5 Å². The maximum Gasteiger partial charge on any atom is 0.253 e. The summed E-state index contributed by atoms with van der Waals surface area (Å²) in [6.45, 7) is 7.48. The fraction of sp³-hybridized carbons (Fsp3) is 0.654. The zero-order valence-corrected chi connectivity index (χ0v) is 20.9. The second-order valence-corrected chi connectivity index (χ2v) is 10.8. The van der Waals surface area contributed by atoms with Crippen LogP contribution < -0.4 is 15.5 Å². The number of carbonyl (C=O) groups excluding carboxylic acids is 3. The number of benzene rings is 1. The van der Waals surface area contributed by atoms with E-state index < -0.39 is 11.0 Å². The number of likely N-dealkylation sites (tertiary alicyclic amines) is 1. The highest BCUT2D eigenvalue weighted by Gasteiger charge is 2.53. The molecule has 4 aliphatic rings. The highest BCUT2D eigenvalue weighted by molar-refractivity contribution is 5.92. The zero-order chi connectivity index (χ0) is 25.3. The van der Waals surface area contributed by atoms with Crippen LogP contribution >= 0.6 is 0 Å². The molecule has 0 unspecified atom stereocenters. The highest BCUT2D eigenvalue weighted by atomic mass is 19.1. The lowest BCUT2D eigenvalue weighted by Crippen LogP contribution is -2.70. The number of rotatable bonds is 6. The zero-order valence-electron chi connectivity index (χ0n) is 20.9. The van der Waals surface area contributed by atoms with E-state index in [9.17, 15) is 18.8 Å². The van der Waals surface area contributed by atoms with Crippen molar-refractivity contribution in [1.82, 2.24) is 20.4 Å². The lowest BCUT2D eigenvalue weighted by Gasteiger charge is -2.46. The third kappa shape index (κ3) is 4.93. The van der Waals surface area contributed by atoms with Crippen LogP contribution in [-0.4, -0.2) is 98.1 Å². The van der Waals surface area contributed by atoms with E-state index in [1.54, 1.807) is 4.90 Å². The van der Waals surface area contributed by atoms with Crippen LogP contribution in [0.25, 0.3) is 0 Å². The molecule has 4 heterocycles. The Hall–Kier alpha value is -2.72. The minimum Gasteiger partial charge on any atom is -0.375 e. The molecule has 5 rings (SSSR count). The number of carbonyl (C=O) groups is 3. The summed E-state index contributed by atoms with van der Waals surface area (Å²) >= 11 is 0. The fourth-order valence-corrected chi connectivity index (χ4v) is 6.11. The third-order valence-electron chi connectivity index (χ3n) is 8.34. The van der Waals surface area contributed by atoms with Crippen LogP contribution in [0.5, 0.6) is 0 Å². The second kappa shape index (κ2) is 9.97. The SMILES string of the molecule is CC(=O)NC1(C(=O)N2CCC3(CC2)C[C@H](CCN2CCN(c4ccc(F)cc4)CC2)NC3=O)COC1. The van der Waals surface area contributed by atoms with Crippen molar-refractivity contribution >= 4 is 23.4 Å². The first kappa shape index (κ1) is 25.0. The largest absolute Gasteiger partial charge is 0.375 e. The summed E-state index contributed by atoms with van der Waals surface area (Å²) in [5.41, 5.74) is -0.295. The van der Waals surface area contributed by atoms with Gasteiger partial charge < -0.3 is 25.2 Å². The summed E-state index contributed by atoms with van der Waals surface area (Å²) < 4.78 is 18.4. The van der Waals surface area contributed by atoms with Crippen molar-refractivity contribution in [3.05, 3.63) is 30.1 Å². The Morgan fingerprint density at radius 3 is 2.33 bits per heavy atom. The van der Waals surface area contributed by atoms with Crippen LogP contribution in [-0.2, 0) is 19.1 Å². The van der Waals surface area contributed by atoms with Crippen LogP contribution in [0.4, 0.5) is 10.1 Å². The minimum absolute atomic E-state index is 0.103. The van der Waals surface area contributed by atoms with Crippen molar-refractivity contribution < 1.29 is 23.5 Å². The summed E-state index contributed by atoms with van der Waals surface area (Å²) in [4.78, 5) is 44.2. The number of anilines is 1. The summed E-state index contributed by atoms with van der Waals surface area (Å²) in [5, 5.41) is 6.00. The molecule has 1 spiro atoms. The van der Waals surface area contributed by atoms with Gasteiger partial charge in [0.2, 0.25) is 11.8 Å². The average Bonchev–Trinajstić information content (AvgIpc) is 3.15. The van der Waals surface area contributed by atoms with E-state index in [0.29, 0.717) is 25.9 Å². The summed E-state index contributed by atoms with van der Waals surface area (Å²) in [6, 6.07) is 6.82. The molecule has 0 aromatic heterocycles. The number of amides is 3. The number of piperidine rings is 1. The predicted octanol–water partition coefficient (Wildman–Crippen LogP) is 0.740. The topological polar surface area (TPSA) is 94.2 Å². The number of halogens is 1. The van der Waals surface area contributed by atoms with Gasteiger partial charge in [-0.3, -0.25) is 19.3 Å². The molecule has 0 saturated carbocycles. The van der Waals surface area contributed by atoms with Gasteiger partial charge in [-0.15, -0.1) is 0 Å². The van der Waals surface area contributed by atoms with E-state index in [1.807, 2.05) is 12.1 Å². The van der Waals surface area contributed by atoms with Crippen molar-refractivity contribution in [2.45, 2.75) is 44.2 Å². The third-order valence-corrected chi connectivity index (χ3v) is 8.34. The van der Waals surface area contributed by atoms with Gasteiger partial charge in [-0.05, 0) is 49.9 Å². The van der Waals surface area contributed by atoms with Crippen molar-refractivity contribution in [3.63, 3.8) is 0 Å². The molecular formula is C26H36FN5O4. The van der Waals surface area contributed by atoms with Gasteiger partial charge >= 0.3 is 0 Å². The van der Waals surface area contributed by atoms with Crippen molar-refractivity contribution in [2.24, 2.45) is 5.41 Å². The molecule has 1 aromatic rings. The summed E-state index contributed by atoms with van der Waals surface area (Å²) in [7, 11) is 0. The van der Waals surface area contributed by atoms with Gasteiger partial charge in [-0.25, -0.2) is 4.39 Å². The number of hydrogen-bond donors (Lipinski definition) is 2. The molecule has 4 fully saturated rings. The van der Waals surface area contributed by atoms with Gasteiger partial charge in [0.1, 0.15) is 5.82 Å². The number of hydrogen-bond acceptors (Lipinski definition) is 6. The molecule has 0 aliphatic carbocycles. The Bertz CT molecular complexity index is 983. The monoisotopic (exact) mass is 501 g/mol. The molecule has 1 atom stereocenters. The number of nitrogens with zero attached hydrogens (tertiary/aromatic N) is 3. The van der Waals surface area contributed by atoms with E-state index in [0.717, 1.165) is 51.3 Å². The quantitative estimate of drug-likeness (QED) is 0.597. The Kier molecular flexibility index (Phi) is 6.91. The average molecular weight is 502 g/mol. The van der Waals surface area contributed by atoms with Gasteiger partial charge in [0.15, 0.2) is 5.54 Å². The van der Waals surface area contributed by atoms with Crippen LogP contribution in [0, 0.1) is 11.2 Å². The van der Waals surface area contributed by atoms with E-state index in [-0.39, 0.29) is 42.8 Å². The fourth-order valence-electron chi connectivity index (χ4n) is 6.11. The second-order valence-electron chi connectivity index (χ2n) is 10.8. The highest BCUT2D eigenvalue weighted by Crippen LogP contribution is 2.41. The van der Waals surface area contributed by atoms with Crippen LogP contribution in [0.2, 0.25) is 0 Å². The molecule has 4 saturated heterocycles. The van der Waals surface area contributed by atoms with Crippen LogP contribution in [0.3, 0.4) is 0 Å². The van der Waals surface area contributed by atoms with Gasteiger partial charge in [-0.2, -0.15) is 0 Å². The lowest BCUT2D eigenvalue weighted by atomic mass is 9.75. The lowest BCUT2D eigenvalue weighted by molar-refractivity contribution is -0.165. The molecule has 9 nitrogen and oxygen atoms in total. The molecule has 0 bridgehead atoms. The number of piperazine rings is 1. The van der Waals surface area contributed by atoms with E-state index >= 15 is 0 Å². The van der Waals surface area contributed by atoms with E-state index in [1.165, 1.54) is 19.1 Å². The minimum atomic E-state index is -0.947. The van der Waals surface area contributed by atoms with Crippen LogP contribution in [0.1, 0.15) is 32.6 Å². The van der Waals surface area contributed by atoms with Crippen molar-refractivity contribution in [2.75, 3.05) is 63.9 Å². The number of nitrogens with one attached hydrogen (secondary N) is 2. The molecule has 36 heavy (non-hydrogen) atoms. The van der Waals surface area contributed by atoms with E-state index in [2.05, 4.69) is 20.4 Å². The predicted molar refractivity (Wildman–Crippen MR) is 132 cm³/mol. The Balaban J connectivity index is 1.07. The first-order chi connectivity index (χ1) is 17.3. The molecule has 0 radical (unpaired) electrons. The first-order valence-electron chi connectivity index (χ1n) is 13.0. The van der Waals surface area contributed by atoms with E-state index in [4.69, 9.17) is 4.74 Å². The normalized spacial score (nSPS) is 25.4. The molecule has 4 aliphatic heterocycles. The van der Waals surface area contributed by atoms with Crippen molar-refractivity contribution in [3.8, 4) is 0 Å². The molecule has 2 N–H and O–H groups in total. The first-order valence-corrected chi connectivity index (χ1v) is 13.0. The summed E-state index contributed by atoms with van der Waals surface area (Å²) in [6.07, 6.45) is 3.02. The van der Waals surface area contributed by atoms with Crippen molar-refractivity contribution in [1.29, 1.82) is 0 Å². The number of ether oxygens (including phenoxy) is 1. The summed E-state index contributed by atoms with van der Waals surface area (Å²) in [5.74, 6) is -0.444. The van der Waals surface area contributed by atoms with Gasteiger partial charge in [0.25, 0.3) is 5.91 Å². The molecule has 1 aromatic carbocycles. The van der Waals surface area contributed by atoms with Gasteiger partial charge in [0.05, 0.1) is 18.6 Å². The van der Waals surface area contributed by atoms with Gasteiger partial charge in [-0.1, -0.05) is 0 Å².